The van der Waals surface area contributed by atoms with E-state index in [1.54, 1.807) is 0 Å². The summed E-state index contributed by atoms with van der Waals surface area (Å²) in [5.74, 6) is 0. The number of nitrogens with two attached hydrogens (primary N) is 2. The fourth-order valence-electron chi connectivity index (χ4n) is 1.29. The van der Waals surface area contributed by atoms with Gasteiger partial charge in [0.05, 0.1) is 5.66 Å². The maximum Gasteiger partial charge on any atom is 0.0607 e. The van der Waals surface area contributed by atoms with Crippen LogP contribution in [0.3, 0.4) is 0 Å². The van der Waals surface area contributed by atoms with Crippen molar-refractivity contribution in [1.82, 2.24) is 0 Å². The zero-order valence-electron chi connectivity index (χ0n) is 8.60. The summed E-state index contributed by atoms with van der Waals surface area (Å²) in [5.41, 5.74) is 10.9. The highest BCUT2D eigenvalue weighted by Gasteiger charge is 2.08. The molecule has 0 aliphatic rings. The molecule has 4 N–H and O–H groups in total. The van der Waals surface area contributed by atoms with E-state index in [1.165, 1.54) is 38.5 Å². The maximum atomic E-state index is 5.65. The van der Waals surface area contributed by atoms with Crippen LogP contribution in [0.4, 0.5) is 0 Å². The van der Waals surface area contributed by atoms with Crippen LogP contribution in [0.5, 0.6) is 0 Å². The van der Waals surface area contributed by atoms with Crippen molar-refractivity contribution < 1.29 is 0 Å². The molecule has 0 rings (SSSR count). The van der Waals surface area contributed by atoms with E-state index in [4.69, 9.17) is 11.5 Å². The zero-order valence-corrected chi connectivity index (χ0v) is 8.60. The van der Waals surface area contributed by atoms with Crippen LogP contribution in [-0.2, 0) is 0 Å². The Labute approximate surface area is 76.7 Å². The summed E-state index contributed by atoms with van der Waals surface area (Å²) < 4.78 is 0. The van der Waals surface area contributed by atoms with E-state index < -0.39 is 5.66 Å². The molecule has 2 nitrogen and oxygen atoms in total. The number of hydrogen-bond donors (Lipinski definition) is 2. The van der Waals surface area contributed by atoms with Gasteiger partial charge in [0.15, 0.2) is 0 Å². The van der Waals surface area contributed by atoms with Gasteiger partial charge in [-0.1, -0.05) is 45.4 Å². The van der Waals surface area contributed by atoms with Gasteiger partial charge in [-0.15, -0.1) is 0 Å². The van der Waals surface area contributed by atoms with Crippen molar-refractivity contribution in [2.75, 3.05) is 0 Å². The number of unbranched alkanes of at least 4 members (excludes halogenated alkanes) is 5. The molecule has 0 aromatic heterocycles. The van der Waals surface area contributed by atoms with Crippen molar-refractivity contribution in [3.05, 3.63) is 0 Å². The van der Waals surface area contributed by atoms with E-state index in [1.807, 2.05) is 6.92 Å². The van der Waals surface area contributed by atoms with Crippen molar-refractivity contribution >= 4 is 0 Å². The second kappa shape index (κ2) is 6.44. The maximum absolute atomic E-state index is 5.65. The minimum atomic E-state index is -0.454. The van der Waals surface area contributed by atoms with Crippen LogP contribution >= 0.6 is 0 Å². The fraction of sp³-hybridized carbons (Fsp3) is 1.00. The van der Waals surface area contributed by atoms with E-state index in [9.17, 15) is 0 Å². The third kappa shape index (κ3) is 9.92. The molecule has 0 aromatic rings. The third-order valence-electron chi connectivity index (χ3n) is 2.07. The largest absolute Gasteiger partial charge is 0.314 e. The van der Waals surface area contributed by atoms with Crippen LogP contribution in [0, 0.1) is 0 Å². The van der Waals surface area contributed by atoms with Gasteiger partial charge in [0.25, 0.3) is 0 Å². The minimum absolute atomic E-state index is 0.454. The fourth-order valence-corrected chi connectivity index (χ4v) is 1.29. The number of hydrogen-bond acceptors (Lipinski definition) is 2. The quantitative estimate of drug-likeness (QED) is 0.457. The Morgan fingerprint density at radius 1 is 0.917 bits per heavy atom. The molecule has 0 amide bonds. The highest BCUT2D eigenvalue weighted by molar-refractivity contribution is 4.68. The average molecular weight is 172 g/mol. The van der Waals surface area contributed by atoms with Gasteiger partial charge in [-0.2, -0.15) is 0 Å². The normalized spacial score (nSPS) is 12.0. The molecule has 0 saturated heterocycles. The van der Waals surface area contributed by atoms with Crippen LogP contribution in [0.25, 0.3) is 0 Å². The average Bonchev–Trinajstić information content (AvgIpc) is 1.94. The lowest BCUT2D eigenvalue weighted by Crippen LogP contribution is -2.45. The smallest absolute Gasteiger partial charge is 0.0607 e. The summed E-state index contributed by atoms with van der Waals surface area (Å²) in [6, 6.07) is 0. The molecule has 0 spiro atoms. The molecular formula is C10H24N2. The molecule has 0 radical (unpaired) electrons. The van der Waals surface area contributed by atoms with Crippen molar-refractivity contribution in [2.45, 2.75) is 64.5 Å². The molecule has 0 fully saturated rings. The molecule has 0 heterocycles. The molecule has 0 atom stereocenters. The lowest BCUT2D eigenvalue weighted by atomic mass is 10.0. The molecule has 0 unspecified atom stereocenters. The van der Waals surface area contributed by atoms with Gasteiger partial charge in [-0.05, 0) is 13.3 Å². The minimum Gasteiger partial charge on any atom is -0.314 e. The van der Waals surface area contributed by atoms with Crippen LogP contribution in [-0.4, -0.2) is 5.66 Å². The van der Waals surface area contributed by atoms with Gasteiger partial charge >= 0.3 is 0 Å². The molecule has 0 saturated carbocycles. The Kier molecular flexibility index (Phi) is 6.39. The molecule has 0 aliphatic heterocycles. The van der Waals surface area contributed by atoms with Crippen LogP contribution in [0.15, 0.2) is 0 Å². The highest BCUT2D eigenvalue weighted by atomic mass is 14.9. The number of rotatable bonds is 7. The third-order valence-corrected chi connectivity index (χ3v) is 2.07. The van der Waals surface area contributed by atoms with Gasteiger partial charge in [0, 0.05) is 0 Å². The molecule has 2 heteroatoms. The van der Waals surface area contributed by atoms with Crippen molar-refractivity contribution in [3.8, 4) is 0 Å². The van der Waals surface area contributed by atoms with Gasteiger partial charge in [0.1, 0.15) is 0 Å². The summed E-state index contributed by atoms with van der Waals surface area (Å²) in [5, 5.41) is 0. The Bertz CT molecular complexity index is 94.5. The molecular weight excluding hydrogens is 148 g/mol. The second-order valence-corrected chi connectivity index (χ2v) is 4.02. The first-order valence-corrected chi connectivity index (χ1v) is 5.14. The van der Waals surface area contributed by atoms with Crippen LogP contribution in [0.2, 0.25) is 0 Å². The van der Waals surface area contributed by atoms with Gasteiger partial charge < -0.3 is 11.5 Å². The zero-order chi connectivity index (χ0) is 9.45. The molecule has 0 aliphatic carbocycles. The Balaban J connectivity index is 3.01. The first-order chi connectivity index (χ1) is 5.56. The second-order valence-electron chi connectivity index (χ2n) is 4.02. The van der Waals surface area contributed by atoms with Crippen LogP contribution < -0.4 is 11.5 Å². The lowest BCUT2D eigenvalue weighted by Gasteiger charge is -2.17. The summed E-state index contributed by atoms with van der Waals surface area (Å²) >= 11 is 0. The Morgan fingerprint density at radius 3 is 1.92 bits per heavy atom. The van der Waals surface area contributed by atoms with Gasteiger partial charge in [0.2, 0.25) is 0 Å². The van der Waals surface area contributed by atoms with Crippen molar-refractivity contribution in [3.63, 3.8) is 0 Å². The molecule has 74 valence electrons. The van der Waals surface area contributed by atoms with Crippen LogP contribution in [0.1, 0.15) is 58.8 Å². The van der Waals surface area contributed by atoms with Gasteiger partial charge in [-0.25, -0.2) is 0 Å². The standard InChI is InChI=1S/C10H24N2/c1-3-4-5-6-7-8-9-10(2,11)12/h3-9,11-12H2,1-2H3. The first-order valence-electron chi connectivity index (χ1n) is 5.14. The highest BCUT2D eigenvalue weighted by Crippen LogP contribution is 2.09. The Morgan fingerprint density at radius 2 is 1.42 bits per heavy atom. The SMILES string of the molecule is CCCCCCCCC(C)(N)N. The van der Waals surface area contributed by atoms with E-state index in [0.717, 1.165) is 6.42 Å². The molecule has 0 bridgehead atoms. The van der Waals surface area contributed by atoms with Crippen molar-refractivity contribution in [2.24, 2.45) is 11.5 Å². The lowest BCUT2D eigenvalue weighted by molar-refractivity contribution is 0.421. The topological polar surface area (TPSA) is 52.0 Å². The molecule has 0 aromatic carbocycles. The predicted molar refractivity (Wildman–Crippen MR) is 54.8 cm³/mol. The van der Waals surface area contributed by atoms with E-state index in [0.29, 0.717) is 0 Å². The summed E-state index contributed by atoms with van der Waals surface area (Å²) in [6.45, 7) is 4.12. The van der Waals surface area contributed by atoms with E-state index in [-0.39, 0.29) is 0 Å². The predicted octanol–water partition coefficient (Wildman–Crippen LogP) is 2.37. The van der Waals surface area contributed by atoms with Crippen molar-refractivity contribution in [1.29, 1.82) is 0 Å². The van der Waals surface area contributed by atoms with Gasteiger partial charge in [-0.3, -0.25) is 0 Å². The van der Waals surface area contributed by atoms with E-state index in [2.05, 4.69) is 6.92 Å². The molecule has 12 heavy (non-hydrogen) atoms. The summed E-state index contributed by atoms with van der Waals surface area (Å²) in [4.78, 5) is 0. The monoisotopic (exact) mass is 172 g/mol. The summed E-state index contributed by atoms with van der Waals surface area (Å²) in [7, 11) is 0. The Hall–Kier alpha value is -0.0800. The first kappa shape index (κ1) is 11.9. The van der Waals surface area contributed by atoms with E-state index >= 15 is 0 Å². The summed E-state index contributed by atoms with van der Waals surface area (Å²) in [6.07, 6.45) is 8.77.